The molecule has 0 aromatic heterocycles. The number of ether oxygens (including phenoxy) is 1. The summed E-state index contributed by atoms with van der Waals surface area (Å²) in [6.07, 6.45) is -0.435. The van der Waals surface area contributed by atoms with Crippen molar-refractivity contribution in [2.75, 3.05) is 13.2 Å². The van der Waals surface area contributed by atoms with Gasteiger partial charge in [0.2, 0.25) is 0 Å². The van der Waals surface area contributed by atoms with Crippen molar-refractivity contribution in [2.45, 2.75) is 38.5 Å². The average molecular weight is 373 g/mol. The molecule has 0 aliphatic carbocycles. The number of rotatable bonds is 10. The van der Waals surface area contributed by atoms with E-state index in [1.807, 2.05) is 32.0 Å². The van der Waals surface area contributed by atoms with Crippen LogP contribution in [0.4, 0.5) is 0 Å². The van der Waals surface area contributed by atoms with Crippen LogP contribution in [-0.2, 0) is 11.3 Å². The highest BCUT2D eigenvalue weighted by molar-refractivity contribution is 5.96. The first-order valence-electron chi connectivity index (χ1n) is 8.86. The zero-order valence-corrected chi connectivity index (χ0v) is 15.7. The number of aliphatic hydroxyl groups is 1. The summed E-state index contributed by atoms with van der Waals surface area (Å²) in [5.41, 5.74) is 0.817. The van der Waals surface area contributed by atoms with E-state index in [-0.39, 0.29) is 37.0 Å². The number of aliphatic hydroxyl groups excluding tert-OH is 1. The molecule has 0 heterocycles. The minimum absolute atomic E-state index is 0.0411. The van der Waals surface area contributed by atoms with E-state index >= 15 is 0 Å². The predicted octanol–water partition coefficient (Wildman–Crippen LogP) is 2.62. The number of phenols is 2. The number of hydrogen-bond acceptors (Lipinski definition) is 6. The molecule has 1 atom stereocenters. The molecule has 0 aliphatic heterocycles. The van der Waals surface area contributed by atoms with Crippen LogP contribution in [0, 0.1) is 0 Å². The highest BCUT2D eigenvalue weighted by atomic mass is 16.5. The lowest BCUT2D eigenvalue weighted by atomic mass is 9.94. The van der Waals surface area contributed by atoms with Crippen LogP contribution in [0.2, 0.25) is 0 Å². The third-order valence-corrected chi connectivity index (χ3v) is 4.06. The Morgan fingerprint density at radius 1 is 1.11 bits per heavy atom. The molecule has 0 radical (unpaired) electrons. The SMILES string of the molecule is CC(C)(CC(=O)c1ccccc1)NCC(O)COCc1cc(O)cc(O)c1. The molecule has 2 aromatic rings. The first kappa shape index (κ1) is 20.9. The van der Waals surface area contributed by atoms with Crippen LogP contribution in [0.15, 0.2) is 48.5 Å². The van der Waals surface area contributed by atoms with E-state index in [0.29, 0.717) is 17.5 Å². The number of hydrogen-bond donors (Lipinski definition) is 4. The molecule has 6 nitrogen and oxygen atoms in total. The van der Waals surface area contributed by atoms with Crippen LogP contribution in [-0.4, -0.2) is 45.9 Å². The smallest absolute Gasteiger partial charge is 0.164 e. The topological polar surface area (TPSA) is 99.0 Å². The molecule has 1 unspecified atom stereocenters. The van der Waals surface area contributed by atoms with Gasteiger partial charge in [-0.1, -0.05) is 30.3 Å². The van der Waals surface area contributed by atoms with Crippen LogP contribution in [0.5, 0.6) is 11.5 Å². The molecule has 4 N–H and O–H groups in total. The normalized spacial score (nSPS) is 12.7. The predicted molar refractivity (Wildman–Crippen MR) is 103 cm³/mol. The maximum atomic E-state index is 12.3. The number of carbonyl (C=O) groups excluding carboxylic acids is 1. The van der Waals surface area contributed by atoms with Crippen molar-refractivity contribution in [3.8, 4) is 11.5 Å². The zero-order chi connectivity index (χ0) is 19.9. The first-order valence-corrected chi connectivity index (χ1v) is 8.86. The molecule has 0 amide bonds. The van der Waals surface area contributed by atoms with Gasteiger partial charge in [0, 0.05) is 30.1 Å². The first-order chi connectivity index (χ1) is 12.7. The summed E-state index contributed by atoms with van der Waals surface area (Å²) in [6, 6.07) is 13.3. The average Bonchev–Trinajstić information content (AvgIpc) is 2.60. The Morgan fingerprint density at radius 3 is 2.37 bits per heavy atom. The molecular weight excluding hydrogens is 346 g/mol. The van der Waals surface area contributed by atoms with Crippen molar-refractivity contribution in [2.24, 2.45) is 0 Å². The molecule has 0 saturated carbocycles. The number of carbonyl (C=O) groups is 1. The zero-order valence-electron chi connectivity index (χ0n) is 15.7. The number of phenolic OH excluding ortho intramolecular Hbond substituents is 2. The lowest BCUT2D eigenvalue weighted by Crippen LogP contribution is -2.45. The number of β-amino-alcohol motifs (C(OH)–C–C–N with tert-alkyl or cyclic N) is 1. The van der Waals surface area contributed by atoms with Gasteiger partial charge in [0.15, 0.2) is 5.78 Å². The lowest BCUT2D eigenvalue weighted by molar-refractivity contribution is 0.0253. The number of Topliss-reactive ketones (excluding diaryl/α,β-unsaturated/α-hetero) is 1. The van der Waals surface area contributed by atoms with Gasteiger partial charge in [-0.2, -0.15) is 0 Å². The van der Waals surface area contributed by atoms with Crippen LogP contribution in [0.3, 0.4) is 0 Å². The molecule has 6 heteroatoms. The molecule has 2 rings (SSSR count). The van der Waals surface area contributed by atoms with E-state index in [1.54, 1.807) is 12.1 Å². The van der Waals surface area contributed by atoms with Crippen molar-refractivity contribution < 1.29 is 24.9 Å². The Bertz CT molecular complexity index is 725. The van der Waals surface area contributed by atoms with Gasteiger partial charge < -0.3 is 25.4 Å². The quantitative estimate of drug-likeness (QED) is 0.478. The number of nitrogens with one attached hydrogen (secondary N) is 1. The van der Waals surface area contributed by atoms with Crippen molar-refractivity contribution >= 4 is 5.78 Å². The van der Waals surface area contributed by atoms with Crippen molar-refractivity contribution in [3.63, 3.8) is 0 Å². The summed E-state index contributed by atoms with van der Waals surface area (Å²) >= 11 is 0. The van der Waals surface area contributed by atoms with Crippen molar-refractivity contribution in [1.82, 2.24) is 5.32 Å². The molecule has 146 valence electrons. The fraction of sp³-hybridized carbons (Fsp3) is 0.381. The fourth-order valence-electron chi connectivity index (χ4n) is 2.70. The molecule has 0 saturated heterocycles. The summed E-state index contributed by atoms with van der Waals surface area (Å²) in [4.78, 5) is 12.3. The molecule has 0 spiro atoms. The lowest BCUT2D eigenvalue weighted by Gasteiger charge is -2.27. The number of benzene rings is 2. The highest BCUT2D eigenvalue weighted by Crippen LogP contribution is 2.21. The molecule has 2 aromatic carbocycles. The summed E-state index contributed by atoms with van der Waals surface area (Å²) < 4.78 is 5.43. The summed E-state index contributed by atoms with van der Waals surface area (Å²) in [5, 5.41) is 32.1. The van der Waals surface area contributed by atoms with Gasteiger partial charge in [-0.3, -0.25) is 4.79 Å². The second kappa shape index (κ2) is 9.50. The summed E-state index contributed by atoms with van der Waals surface area (Å²) in [6.45, 7) is 4.36. The van der Waals surface area contributed by atoms with E-state index in [1.165, 1.54) is 18.2 Å². The fourth-order valence-corrected chi connectivity index (χ4v) is 2.70. The Labute approximate surface area is 159 Å². The minimum Gasteiger partial charge on any atom is -0.508 e. The number of aromatic hydroxyl groups is 2. The summed E-state index contributed by atoms with van der Waals surface area (Å²) in [7, 11) is 0. The molecule has 0 bridgehead atoms. The van der Waals surface area contributed by atoms with Crippen LogP contribution in [0.1, 0.15) is 36.2 Å². The van der Waals surface area contributed by atoms with Crippen LogP contribution < -0.4 is 5.32 Å². The Kier molecular flexibility index (Phi) is 7.36. The molecular formula is C21H27NO5. The van der Waals surface area contributed by atoms with E-state index < -0.39 is 11.6 Å². The van der Waals surface area contributed by atoms with E-state index in [4.69, 9.17) is 4.74 Å². The van der Waals surface area contributed by atoms with E-state index in [0.717, 1.165) is 0 Å². The van der Waals surface area contributed by atoms with Gasteiger partial charge in [-0.15, -0.1) is 0 Å². The number of ketones is 1. The van der Waals surface area contributed by atoms with Gasteiger partial charge in [0.05, 0.1) is 19.3 Å². The van der Waals surface area contributed by atoms with Gasteiger partial charge in [0.1, 0.15) is 11.5 Å². The second-order valence-electron chi connectivity index (χ2n) is 7.26. The second-order valence-corrected chi connectivity index (χ2v) is 7.26. The Morgan fingerprint density at radius 2 is 1.74 bits per heavy atom. The van der Waals surface area contributed by atoms with Crippen LogP contribution in [0.25, 0.3) is 0 Å². The molecule has 0 aliphatic rings. The minimum atomic E-state index is -0.748. The van der Waals surface area contributed by atoms with Gasteiger partial charge in [0.25, 0.3) is 0 Å². The van der Waals surface area contributed by atoms with Gasteiger partial charge in [-0.25, -0.2) is 0 Å². The van der Waals surface area contributed by atoms with Gasteiger partial charge in [-0.05, 0) is 31.5 Å². The van der Waals surface area contributed by atoms with E-state index in [9.17, 15) is 20.1 Å². The third-order valence-electron chi connectivity index (χ3n) is 4.06. The Balaban J connectivity index is 1.73. The van der Waals surface area contributed by atoms with Crippen molar-refractivity contribution in [3.05, 3.63) is 59.7 Å². The van der Waals surface area contributed by atoms with Crippen molar-refractivity contribution in [1.29, 1.82) is 0 Å². The molecule has 27 heavy (non-hydrogen) atoms. The van der Waals surface area contributed by atoms with Gasteiger partial charge >= 0.3 is 0 Å². The maximum absolute atomic E-state index is 12.3. The van der Waals surface area contributed by atoms with E-state index in [2.05, 4.69) is 5.32 Å². The third kappa shape index (κ3) is 7.38. The monoisotopic (exact) mass is 373 g/mol. The molecule has 0 fully saturated rings. The van der Waals surface area contributed by atoms with Crippen LogP contribution >= 0.6 is 0 Å². The highest BCUT2D eigenvalue weighted by Gasteiger charge is 2.23. The summed E-state index contributed by atoms with van der Waals surface area (Å²) in [5.74, 6) is -0.0381. The Hall–Kier alpha value is -2.41. The standard InChI is InChI=1S/C21H27NO5/c1-21(2,11-20(26)16-6-4-3-5-7-16)22-12-19(25)14-27-13-15-8-17(23)10-18(24)9-15/h3-10,19,22-25H,11-14H2,1-2H3. The maximum Gasteiger partial charge on any atom is 0.164 e. The largest absolute Gasteiger partial charge is 0.508 e.